The third-order valence-corrected chi connectivity index (χ3v) is 4.88. The topological polar surface area (TPSA) is 73.9 Å². The van der Waals surface area contributed by atoms with Crippen LogP contribution in [0.2, 0.25) is 5.02 Å². The molecule has 1 aromatic heterocycles. The van der Waals surface area contributed by atoms with Crippen LogP contribution in [0.25, 0.3) is 5.69 Å². The van der Waals surface area contributed by atoms with Crippen molar-refractivity contribution in [3.63, 3.8) is 0 Å². The van der Waals surface area contributed by atoms with Gasteiger partial charge in [0.1, 0.15) is 5.40 Å². The summed E-state index contributed by atoms with van der Waals surface area (Å²) in [5.74, 6) is 0. The second kappa shape index (κ2) is 7.65. The van der Waals surface area contributed by atoms with E-state index in [1.807, 2.05) is 32.0 Å². The minimum Gasteiger partial charge on any atom is -0.295 e. The SMILES string of the molecule is Cc1cc(N=Cc2c(C)[nH]n(-c3ccc(Cl)cc3)c2=O)ccc1SC#N. The molecule has 0 amide bonds. The first-order valence-electron chi connectivity index (χ1n) is 7.78. The van der Waals surface area contributed by atoms with E-state index in [0.717, 1.165) is 33.6 Å². The Balaban J connectivity index is 1.92. The summed E-state index contributed by atoms with van der Waals surface area (Å²) in [5, 5.41) is 14.5. The van der Waals surface area contributed by atoms with Crippen molar-refractivity contribution in [2.45, 2.75) is 18.7 Å². The molecule has 0 saturated heterocycles. The summed E-state index contributed by atoms with van der Waals surface area (Å²) in [6, 6.07) is 12.6. The molecule has 0 aliphatic rings. The van der Waals surface area contributed by atoms with Gasteiger partial charge in [-0.1, -0.05) is 11.6 Å². The van der Waals surface area contributed by atoms with E-state index in [-0.39, 0.29) is 5.56 Å². The third kappa shape index (κ3) is 3.74. The lowest BCUT2D eigenvalue weighted by Gasteiger charge is -2.01. The molecule has 3 aromatic rings. The van der Waals surface area contributed by atoms with Crippen molar-refractivity contribution >= 4 is 35.3 Å². The molecule has 0 fully saturated rings. The van der Waals surface area contributed by atoms with Gasteiger partial charge in [-0.2, -0.15) is 5.26 Å². The molecule has 130 valence electrons. The number of nitriles is 1. The number of nitrogens with zero attached hydrogens (tertiary/aromatic N) is 3. The summed E-state index contributed by atoms with van der Waals surface area (Å²) in [7, 11) is 0. The van der Waals surface area contributed by atoms with Gasteiger partial charge in [0, 0.05) is 21.8 Å². The standard InChI is InChI=1S/C19H15ClN4OS/c1-12-9-15(5-8-18(12)26-11-21)22-10-17-13(2)23-24(19(17)25)16-6-3-14(20)4-7-16/h3-10,23H,1-2H3. The zero-order chi connectivity index (χ0) is 18.7. The largest absolute Gasteiger partial charge is 0.295 e. The van der Waals surface area contributed by atoms with Crippen LogP contribution in [0.4, 0.5) is 5.69 Å². The minimum absolute atomic E-state index is 0.179. The van der Waals surface area contributed by atoms with Gasteiger partial charge in [0.15, 0.2) is 0 Å². The number of nitrogens with one attached hydrogen (secondary N) is 1. The van der Waals surface area contributed by atoms with Crippen LogP contribution >= 0.6 is 23.4 Å². The molecule has 1 N–H and O–H groups in total. The van der Waals surface area contributed by atoms with Gasteiger partial charge in [-0.15, -0.1) is 0 Å². The summed E-state index contributed by atoms with van der Waals surface area (Å²) in [6.45, 7) is 3.75. The van der Waals surface area contributed by atoms with Crippen LogP contribution in [0.3, 0.4) is 0 Å². The van der Waals surface area contributed by atoms with Crippen LogP contribution < -0.4 is 5.56 Å². The van der Waals surface area contributed by atoms with Crippen LogP contribution in [-0.2, 0) is 0 Å². The molecule has 0 spiro atoms. The van der Waals surface area contributed by atoms with Crippen LogP contribution in [0.5, 0.6) is 0 Å². The van der Waals surface area contributed by atoms with Crippen LogP contribution in [0.1, 0.15) is 16.8 Å². The predicted octanol–water partition coefficient (Wildman–Crippen LogP) is 4.76. The molecule has 26 heavy (non-hydrogen) atoms. The zero-order valence-corrected chi connectivity index (χ0v) is 15.7. The molecular formula is C19H15ClN4OS. The van der Waals surface area contributed by atoms with Gasteiger partial charge in [0.2, 0.25) is 0 Å². The highest BCUT2D eigenvalue weighted by molar-refractivity contribution is 8.03. The summed E-state index contributed by atoms with van der Waals surface area (Å²) in [5.41, 5.74) is 3.44. The number of halogens is 1. The number of aromatic nitrogens is 2. The molecule has 0 unspecified atom stereocenters. The van der Waals surface area contributed by atoms with Crippen LogP contribution in [0.15, 0.2) is 57.1 Å². The number of thioether (sulfide) groups is 1. The van der Waals surface area contributed by atoms with E-state index >= 15 is 0 Å². The van der Waals surface area contributed by atoms with Gasteiger partial charge in [0.25, 0.3) is 5.56 Å². The smallest absolute Gasteiger partial charge is 0.280 e. The number of thiocyanates is 1. The number of rotatable bonds is 4. The van der Waals surface area contributed by atoms with E-state index in [9.17, 15) is 4.79 Å². The fourth-order valence-electron chi connectivity index (χ4n) is 2.50. The van der Waals surface area contributed by atoms with Gasteiger partial charge >= 0.3 is 0 Å². The molecule has 0 radical (unpaired) electrons. The summed E-state index contributed by atoms with van der Waals surface area (Å²) < 4.78 is 1.46. The van der Waals surface area contributed by atoms with E-state index in [2.05, 4.69) is 15.5 Å². The number of hydrogen-bond donors (Lipinski definition) is 1. The lowest BCUT2D eigenvalue weighted by molar-refractivity contribution is 0.835. The summed E-state index contributed by atoms with van der Waals surface area (Å²) in [4.78, 5) is 18.0. The molecule has 1 heterocycles. The molecule has 0 aliphatic heterocycles. The van der Waals surface area contributed by atoms with Crippen molar-refractivity contribution < 1.29 is 0 Å². The Bertz CT molecular complexity index is 1070. The van der Waals surface area contributed by atoms with Gasteiger partial charge in [-0.25, -0.2) is 4.68 Å². The maximum absolute atomic E-state index is 12.7. The quantitative estimate of drug-likeness (QED) is 0.401. The fourth-order valence-corrected chi connectivity index (χ4v) is 3.08. The molecule has 0 bridgehead atoms. The molecule has 7 heteroatoms. The molecule has 5 nitrogen and oxygen atoms in total. The van der Waals surface area contributed by atoms with Gasteiger partial charge in [0.05, 0.1) is 16.9 Å². The lowest BCUT2D eigenvalue weighted by Crippen LogP contribution is -2.17. The zero-order valence-electron chi connectivity index (χ0n) is 14.2. The minimum atomic E-state index is -0.179. The average molecular weight is 383 g/mol. The van der Waals surface area contributed by atoms with E-state index in [0.29, 0.717) is 16.3 Å². The van der Waals surface area contributed by atoms with Crippen molar-refractivity contribution in [2.24, 2.45) is 4.99 Å². The van der Waals surface area contributed by atoms with Crippen LogP contribution in [0, 0.1) is 24.5 Å². The number of hydrogen-bond acceptors (Lipinski definition) is 4. The maximum Gasteiger partial charge on any atom is 0.280 e. The highest BCUT2D eigenvalue weighted by Crippen LogP contribution is 2.25. The Labute approximate surface area is 159 Å². The highest BCUT2D eigenvalue weighted by Gasteiger charge is 2.10. The molecule has 0 saturated carbocycles. The van der Waals surface area contributed by atoms with E-state index < -0.39 is 0 Å². The van der Waals surface area contributed by atoms with Crippen molar-refractivity contribution in [3.8, 4) is 11.1 Å². The van der Waals surface area contributed by atoms with Gasteiger partial charge in [-0.3, -0.25) is 14.9 Å². The van der Waals surface area contributed by atoms with Crippen LogP contribution in [-0.4, -0.2) is 16.0 Å². The van der Waals surface area contributed by atoms with E-state index in [1.165, 1.54) is 4.68 Å². The monoisotopic (exact) mass is 382 g/mol. The Morgan fingerprint density at radius 2 is 1.96 bits per heavy atom. The van der Waals surface area contributed by atoms with Gasteiger partial charge in [-0.05, 0) is 73.6 Å². The Hall–Kier alpha value is -2.75. The van der Waals surface area contributed by atoms with Crippen molar-refractivity contribution in [3.05, 3.63) is 74.7 Å². The number of benzene rings is 2. The van der Waals surface area contributed by atoms with Crippen molar-refractivity contribution in [1.82, 2.24) is 9.78 Å². The molecule has 0 aliphatic carbocycles. The molecule has 2 aromatic carbocycles. The van der Waals surface area contributed by atoms with E-state index in [1.54, 1.807) is 30.5 Å². The van der Waals surface area contributed by atoms with Gasteiger partial charge < -0.3 is 0 Å². The normalized spacial score (nSPS) is 11.0. The number of H-pyrrole nitrogens is 1. The second-order valence-corrected chi connectivity index (χ2v) is 6.93. The highest BCUT2D eigenvalue weighted by atomic mass is 35.5. The summed E-state index contributed by atoms with van der Waals surface area (Å²) >= 11 is 7.02. The third-order valence-electron chi connectivity index (χ3n) is 3.86. The van der Waals surface area contributed by atoms with Crippen molar-refractivity contribution in [1.29, 1.82) is 5.26 Å². The van der Waals surface area contributed by atoms with E-state index in [4.69, 9.17) is 16.9 Å². The number of aromatic amines is 1. The maximum atomic E-state index is 12.7. The first-order chi connectivity index (χ1) is 12.5. The predicted molar refractivity (Wildman–Crippen MR) is 106 cm³/mol. The number of aryl methyl sites for hydroxylation is 2. The second-order valence-electron chi connectivity index (χ2n) is 5.67. The number of aliphatic imine (C=N–C) groups is 1. The summed E-state index contributed by atoms with van der Waals surface area (Å²) in [6.07, 6.45) is 1.56. The first kappa shape index (κ1) is 18.1. The Morgan fingerprint density at radius 3 is 2.62 bits per heavy atom. The Kier molecular flexibility index (Phi) is 5.31. The molecule has 3 rings (SSSR count). The van der Waals surface area contributed by atoms with Crippen molar-refractivity contribution in [2.75, 3.05) is 0 Å². The Morgan fingerprint density at radius 1 is 1.23 bits per heavy atom. The average Bonchev–Trinajstić information content (AvgIpc) is 2.90. The molecular weight excluding hydrogens is 368 g/mol. The lowest BCUT2D eigenvalue weighted by atomic mass is 10.2. The first-order valence-corrected chi connectivity index (χ1v) is 8.97. The fraction of sp³-hybridized carbons (Fsp3) is 0.105. The molecule has 0 atom stereocenters.